The first-order valence-electron chi connectivity index (χ1n) is 13.1. The highest BCUT2D eigenvalue weighted by Crippen LogP contribution is 2.48. The van der Waals surface area contributed by atoms with Gasteiger partial charge in [-0.05, 0) is 70.3 Å². The molecule has 182 valence electrons. The molecule has 0 saturated heterocycles. The van der Waals surface area contributed by atoms with E-state index in [-0.39, 0.29) is 0 Å². The number of benzene rings is 6. The van der Waals surface area contributed by atoms with Gasteiger partial charge < -0.3 is 13.6 Å². The molecule has 0 unspecified atom stereocenters. The van der Waals surface area contributed by atoms with Crippen LogP contribution in [0.25, 0.3) is 77.3 Å². The standard InChI is InChI=1S/C36H20O3/c1-2-9-24-21(6-1)14-17-33-35(24)36-26(11-5-13-32(36)39-33)29-19-18-28(37-29)23-15-16-30-27(20-23)25-10-3-7-22-8-4-12-31(38-30)34(22)25/h1-20H. The lowest BCUT2D eigenvalue weighted by Gasteiger charge is -2.21. The summed E-state index contributed by atoms with van der Waals surface area (Å²) in [7, 11) is 0. The van der Waals surface area contributed by atoms with Crippen LogP contribution in [0.2, 0.25) is 0 Å². The highest BCUT2D eigenvalue weighted by molar-refractivity contribution is 6.22. The quantitative estimate of drug-likeness (QED) is 0.237. The van der Waals surface area contributed by atoms with E-state index in [0.717, 1.165) is 67.0 Å². The number of hydrogen-bond donors (Lipinski definition) is 0. The second kappa shape index (κ2) is 7.62. The van der Waals surface area contributed by atoms with Crippen molar-refractivity contribution in [1.82, 2.24) is 0 Å². The van der Waals surface area contributed by atoms with Crippen molar-refractivity contribution in [3.8, 4) is 45.3 Å². The highest BCUT2D eigenvalue weighted by atomic mass is 16.5. The van der Waals surface area contributed by atoms with Crippen molar-refractivity contribution in [3.63, 3.8) is 0 Å². The molecule has 3 nitrogen and oxygen atoms in total. The van der Waals surface area contributed by atoms with Crippen LogP contribution in [0.1, 0.15) is 0 Å². The predicted molar refractivity (Wildman–Crippen MR) is 157 cm³/mol. The lowest BCUT2D eigenvalue weighted by Crippen LogP contribution is -1.97. The minimum atomic E-state index is 0.813. The summed E-state index contributed by atoms with van der Waals surface area (Å²) < 4.78 is 19.1. The second-order valence-corrected chi connectivity index (χ2v) is 10.1. The van der Waals surface area contributed by atoms with Crippen molar-refractivity contribution >= 4 is 43.5 Å². The van der Waals surface area contributed by atoms with Gasteiger partial charge in [-0.25, -0.2) is 0 Å². The fraction of sp³-hybridized carbons (Fsp3) is 0. The maximum Gasteiger partial charge on any atom is 0.136 e. The molecule has 1 aliphatic heterocycles. The van der Waals surface area contributed by atoms with E-state index in [1.54, 1.807) is 0 Å². The topological polar surface area (TPSA) is 35.5 Å². The van der Waals surface area contributed by atoms with E-state index in [0.29, 0.717) is 0 Å². The van der Waals surface area contributed by atoms with Crippen LogP contribution >= 0.6 is 0 Å². The minimum absolute atomic E-state index is 0.813. The Bertz CT molecular complexity index is 2260. The van der Waals surface area contributed by atoms with Crippen LogP contribution in [0.3, 0.4) is 0 Å². The van der Waals surface area contributed by atoms with Crippen LogP contribution in [-0.4, -0.2) is 0 Å². The van der Waals surface area contributed by atoms with E-state index in [2.05, 4.69) is 91.0 Å². The molecule has 3 heterocycles. The molecule has 1 aliphatic rings. The van der Waals surface area contributed by atoms with E-state index in [9.17, 15) is 0 Å². The van der Waals surface area contributed by atoms with Gasteiger partial charge in [-0.15, -0.1) is 0 Å². The Morgan fingerprint density at radius 1 is 0.410 bits per heavy atom. The summed E-state index contributed by atoms with van der Waals surface area (Å²) in [5, 5.41) is 6.89. The van der Waals surface area contributed by atoms with Crippen molar-refractivity contribution in [1.29, 1.82) is 0 Å². The summed E-state index contributed by atoms with van der Waals surface area (Å²) >= 11 is 0. The zero-order valence-electron chi connectivity index (χ0n) is 20.8. The zero-order valence-corrected chi connectivity index (χ0v) is 20.8. The van der Waals surface area contributed by atoms with E-state index in [1.165, 1.54) is 21.7 Å². The van der Waals surface area contributed by atoms with Gasteiger partial charge in [0.15, 0.2) is 0 Å². The number of ether oxygens (including phenoxy) is 1. The van der Waals surface area contributed by atoms with E-state index < -0.39 is 0 Å². The monoisotopic (exact) mass is 500 g/mol. The number of rotatable bonds is 2. The minimum Gasteiger partial charge on any atom is -0.456 e. The van der Waals surface area contributed by atoms with Crippen molar-refractivity contribution in [3.05, 3.63) is 121 Å². The van der Waals surface area contributed by atoms with Crippen LogP contribution < -0.4 is 4.74 Å². The number of hydrogen-bond acceptors (Lipinski definition) is 3. The normalized spacial score (nSPS) is 12.3. The van der Waals surface area contributed by atoms with Gasteiger partial charge in [-0.1, -0.05) is 72.8 Å². The first-order valence-corrected chi connectivity index (χ1v) is 13.1. The van der Waals surface area contributed by atoms with Crippen LogP contribution in [-0.2, 0) is 0 Å². The Morgan fingerprint density at radius 3 is 2.18 bits per heavy atom. The van der Waals surface area contributed by atoms with Crippen LogP contribution in [0.5, 0.6) is 11.5 Å². The third kappa shape index (κ3) is 2.93. The first-order chi connectivity index (χ1) is 19.3. The summed E-state index contributed by atoms with van der Waals surface area (Å²) in [4.78, 5) is 0. The molecular weight excluding hydrogens is 480 g/mol. The first kappa shape index (κ1) is 20.7. The summed E-state index contributed by atoms with van der Waals surface area (Å²) in [6.45, 7) is 0. The number of furan rings is 2. The molecule has 39 heavy (non-hydrogen) atoms. The summed E-state index contributed by atoms with van der Waals surface area (Å²) in [5.74, 6) is 3.39. The van der Waals surface area contributed by atoms with Crippen molar-refractivity contribution < 1.29 is 13.6 Å². The van der Waals surface area contributed by atoms with Gasteiger partial charge in [0.1, 0.15) is 34.2 Å². The maximum absolute atomic E-state index is 6.55. The van der Waals surface area contributed by atoms with E-state index in [1.807, 2.05) is 30.3 Å². The smallest absolute Gasteiger partial charge is 0.136 e. The molecule has 8 aromatic rings. The summed E-state index contributed by atoms with van der Waals surface area (Å²) in [5.41, 5.74) is 6.02. The Balaban J connectivity index is 1.21. The zero-order chi connectivity index (χ0) is 25.5. The largest absolute Gasteiger partial charge is 0.456 e. The van der Waals surface area contributed by atoms with Crippen molar-refractivity contribution in [2.24, 2.45) is 0 Å². The Labute approximate surface area is 223 Å². The van der Waals surface area contributed by atoms with Crippen molar-refractivity contribution in [2.45, 2.75) is 0 Å². The third-order valence-electron chi connectivity index (χ3n) is 7.90. The average molecular weight is 501 g/mol. The van der Waals surface area contributed by atoms with Crippen LogP contribution in [0.4, 0.5) is 0 Å². The van der Waals surface area contributed by atoms with Crippen LogP contribution in [0.15, 0.2) is 130 Å². The lowest BCUT2D eigenvalue weighted by atomic mass is 9.93. The van der Waals surface area contributed by atoms with Crippen LogP contribution in [0, 0.1) is 0 Å². The van der Waals surface area contributed by atoms with Gasteiger partial charge in [-0.2, -0.15) is 0 Å². The van der Waals surface area contributed by atoms with Gasteiger partial charge >= 0.3 is 0 Å². The molecule has 0 saturated carbocycles. The average Bonchev–Trinajstić information content (AvgIpc) is 3.63. The fourth-order valence-corrected chi connectivity index (χ4v) is 6.15. The molecule has 9 rings (SSSR count). The molecule has 0 aliphatic carbocycles. The lowest BCUT2D eigenvalue weighted by molar-refractivity contribution is 0.487. The second-order valence-electron chi connectivity index (χ2n) is 10.1. The van der Waals surface area contributed by atoms with Crippen molar-refractivity contribution in [2.75, 3.05) is 0 Å². The fourth-order valence-electron chi connectivity index (χ4n) is 6.15. The Morgan fingerprint density at radius 2 is 1.21 bits per heavy atom. The molecule has 2 aromatic heterocycles. The summed E-state index contributed by atoms with van der Waals surface area (Å²) in [6, 6.07) is 41.8. The molecule has 0 fully saturated rings. The Kier molecular flexibility index (Phi) is 4.05. The molecule has 6 aromatic carbocycles. The highest BCUT2D eigenvalue weighted by Gasteiger charge is 2.22. The maximum atomic E-state index is 6.55. The van der Waals surface area contributed by atoms with Gasteiger partial charge in [0.2, 0.25) is 0 Å². The molecule has 0 amide bonds. The number of fused-ring (bicyclic) bond motifs is 7. The molecule has 0 N–H and O–H groups in total. The molecular formula is C36H20O3. The third-order valence-corrected chi connectivity index (χ3v) is 7.90. The molecule has 0 spiro atoms. The van der Waals surface area contributed by atoms with Gasteiger partial charge in [-0.3, -0.25) is 0 Å². The molecule has 0 radical (unpaired) electrons. The van der Waals surface area contributed by atoms with Gasteiger partial charge in [0.05, 0.1) is 0 Å². The molecule has 3 heteroatoms. The molecule has 0 atom stereocenters. The van der Waals surface area contributed by atoms with E-state index >= 15 is 0 Å². The van der Waals surface area contributed by atoms with Gasteiger partial charge in [0.25, 0.3) is 0 Å². The SMILES string of the molecule is c1cc2c3c(cccc3c1)-c1cc(-c3ccc(-c4cccc5oc6ccc7ccccc7c6c45)o3)ccc1O2. The predicted octanol–water partition coefficient (Wildman–Crippen LogP) is 10.6. The van der Waals surface area contributed by atoms with Gasteiger partial charge in [0, 0.05) is 32.8 Å². The summed E-state index contributed by atoms with van der Waals surface area (Å²) in [6.07, 6.45) is 0. The Hall–Kier alpha value is -5.28. The van der Waals surface area contributed by atoms with E-state index in [4.69, 9.17) is 13.6 Å². The molecule has 0 bridgehead atoms.